The smallest absolute Gasteiger partial charge is 0.357 e. The number of nitrogens with zero attached hydrogens (tertiary/aromatic N) is 2. The highest BCUT2D eigenvalue weighted by Crippen LogP contribution is 2.30. The minimum absolute atomic E-state index is 0.0133. The van der Waals surface area contributed by atoms with Gasteiger partial charge in [-0.1, -0.05) is 13.8 Å². The topological polar surface area (TPSA) is 59.5 Å². The van der Waals surface area contributed by atoms with Crippen LogP contribution in [0.1, 0.15) is 42.2 Å². The molecule has 1 aliphatic rings. The van der Waals surface area contributed by atoms with Crippen molar-refractivity contribution in [2.45, 2.75) is 39.3 Å². The molecule has 0 atom stereocenters. The number of amides is 1. The number of carbonyl (C=O) groups excluding carboxylic acids is 2. The van der Waals surface area contributed by atoms with E-state index in [-0.39, 0.29) is 11.8 Å². The van der Waals surface area contributed by atoms with Crippen LogP contribution in [0.2, 0.25) is 0 Å². The maximum Gasteiger partial charge on any atom is 0.357 e. The first kappa shape index (κ1) is 14.0. The molecule has 5 nitrogen and oxygen atoms in total. The highest BCUT2D eigenvalue weighted by molar-refractivity contribution is 7.09. The second-order valence-corrected chi connectivity index (χ2v) is 5.91. The molecule has 0 aliphatic heterocycles. The van der Waals surface area contributed by atoms with Crippen molar-refractivity contribution >= 4 is 23.2 Å². The Morgan fingerprint density at radius 1 is 1.53 bits per heavy atom. The molecule has 0 saturated heterocycles. The molecule has 6 heteroatoms. The van der Waals surface area contributed by atoms with Crippen LogP contribution >= 0.6 is 11.3 Å². The van der Waals surface area contributed by atoms with Crippen molar-refractivity contribution in [1.29, 1.82) is 0 Å². The van der Waals surface area contributed by atoms with Gasteiger partial charge in [0.05, 0.1) is 13.7 Å². The van der Waals surface area contributed by atoms with Gasteiger partial charge in [-0.05, 0) is 12.8 Å². The lowest BCUT2D eigenvalue weighted by Crippen LogP contribution is -2.35. The van der Waals surface area contributed by atoms with Crippen LogP contribution in [0.4, 0.5) is 0 Å². The van der Waals surface area contributed by atoms with Crippen LogP contribution in [0.25, 0.3) is 0 Å². The first-order valence-electron chi connectivity index (χ1n) is 6.36. The molecule has 19 heavy (non-hydrogen) atoms. The summed E-state index contributed by atoms with van der Waals surface area (Å²) in [5, 5.41) is 2.45. The van der Waals surface area contributed by atoms with Gasteiger partial charge in [-0.3, -0.25) is 4.79 Å². The zero-order chi connectivity index (χ0) is 14.0. The van der Waals surface area contributed by atoms with Crippen LogP contribution in [0, 0.1) is 5.92 Å². The molecule has 0 bridgehead atoms. The van der Waals surface area contributed by atoms with E-state index < -0.39 is 5.97 Å². The quantitative estimate of drug-likeness (QED) is 0.776. The van der Waals surface area contributed by atoms with Crippen molar-refractivity contribution in [2.24, 2.45) is 5.92 Å². The van der Waals surface area contributed by atoms with Crippen LogP contribution in [0.5, 0.6) is 0 Å². The van der Waals surface area contributed by atoms with Gasteiger partial charge in [0.15, 0.2) is 5.69 Å². The summed E-state index contributed by atoms with van der Waals surface area (Å²) in [5.41, 5.74) is 0.315. The molecule has 1 amide bonds. The molecule has 0 spiro atoms. The van der Waals surface area contributed by atoms with E-state index in [0.717, 1.165) is 17.8 Å². The van der Waals surface area contributed by atoms with Crippen molar-refractivity contribution in [3.05, 3.63) is 16.1 Å². The molecule has 2 rings (SSSR count). The number of rotatable bonds is 5. The summed E-state index contributed by atoms with van der Waals surface area (Å²) in [4.78, 5) is 29.6. The van der Waals surface area contributed by atoms with Crippen LogP contribution in [0.15, 0.2) is 5.38 Å². The van der Waals surface area contributed by atoms with Gasteiger partial charge in [0, 0.05) is 17.3 Å². The van der Waals surface area contributed by atoms with Crippen LogP contribution in [-0.4, -0.2) is 34.9 Å². The molecular formula is C13H18N2O3S. The fourth-order valence-corrected chi connectivity index (χ4v) is 2.59. The summed E-state index contributed by atoms with van der Waals surface area (Å²) in [6.45, 7) is 4.29. The predicted molar refractivity (Wildman–Crippen MR) is 71.9 cm³/mol. The van der Waals surface area contributed by atoms with E-state index in [0.29, 0.717) is 18.3 Å². The third kappa shape index (κ3) is 3.32. The second-order valence-electron chi connectivity index (χ2n) is 4.97. The molecular weight excluding hydrogens is 264 g/mol. The Kier molecular flexibility index (Phi) is 4.19. The van der Waals surface area contributed by atoms with Gasteiger partial charge in [-0.15, -0.1) is 11.3 Å². The number of hydrogen-bond donors (Lipinski definition) is 0. The minimum Gasteiger partial charge on any atom is -0.464 e. The summed E-state index contributed by atoms with van der Waals surface area (Å²) >= 11 is 1.39. The zero-order valence-electron chi connectivity index (χ0n) is 11.4. The van der Waals surface area contributed by atoms with Gasteiger partial charge in [0.25, 0.3) is 0 Å². The molecule has 1 aromatic heterocycles. The molecule has 1 heterocycles. The lowest BCUT2D eigenvalue weighted by molar-refractivity contribution is -0.135. The summed E-state index contributed by atoms with van der Waals surface area (Å²) in [6, 6.07) is 0.348. The Balaban J connectivity index is 2.07. The summed E-state index contributed by atoms with van der Waals surface area (Å²) in [6.07, 6.45) is 2.13. The van der Waals surface area contributed by atoms with E-state index in [1.165, 1.54) is 18.4 Å². The fraction of sp³-hybridized carbons (Fsp3) is 0.615. The van der Waals surface area contributed by atoms with Crippen molar-refractivity contribution in [3.8, 4) is 0 Å². The van der Waals surface area contributed by atoms with Gasteiger partial charge in [-0.2, -0.15) is 0 Å². The normalized spacial score (nSPS) is 14.5. The number of carbonyl (C=O) groups is 2. The van der Waals surface area contributed by atoms with Gasteiger partial charge in [0.2, 0.25) is 5.91 Å². The van der Waals surface area contributed by atoms with Crippen LogP contribution < -0.4 is 0 Å². The number of thiazole rings is 1. The van der Waals surface area contributed by atoms with Gasteiger partial charge in [-0.25, -0.2) is 9.78 Å². The molecule has 0 unspecified atom stereocenters. The third-order valence-corrected chi connectivity index (χ3v) is 3.85. The first-order valence-corrected chi connectivity index (χ1v) is 7.24. The zero-order valence-corrected chi connectivity index (χ0v) is 12.2. The highest BCUT2D eigenvalue weighted by Gasteiger charge is 2.34. The third-order valence-electron chi connectivity index (χ3n) is 3.02. The molecule has 1 aliphatic carbocycles. The Morgan fingerprint density at radius 2 is 2.21 bits per heavy atom. The lowest BCUT2D eigenvalue weighted by atomic mass is 10.2. The largest absolute Gasteiger partial charge is 0.464 e. The summed E-state index contributed by atoms with van der Waals surface area (Å²) in [7, 11) is 1.33. The van der Waals surface area contributed by atoms with E-state index in [4.69, 9.17) is 0 Å². The van der Waals surface area contributed by atoms with Crippen molar-refractivity contribution in [1.82, 2.24) is 9.88 Å². The van der Waals surface area contributed by atoms with E-state index in [2.05, 4.69) is 9.72 Å². The van der Waals surface area contributed by atoms with E-state index in [1.807, 2.05) is 18.7 Å². The SMILES string of the molecule is COC(=O)c1csc(CN(C(=O)C(C)C)C2CC2)n1. The second kappa shape index (κ2) is 5.69. The number of esters is 1. The Morgan fingerprint density at radius 3 is 2.74 bits per heavy atom. The molecule has 1 aromatic rings. The van der Waals surface area contributed by atoms with Gasteiger partial charge < -0.3 is 9.64 Å². The van der Waals surface area contributed by atoms with Crippen LogP contribution in [0.3, 0.4) is 0 Å². The van der Waals surface area contributed by atoms with Crippen molar-refractivity contribution < 1.29 is 14.3 Å². The Labute approximate surface area is 116 Å². The average Bonchev–Trinajstić information content (AvgIpc) is 3.13. The fourth-order valence-electron chi connectivity index (χ4n) is 1.83. The molecule has 0 aromatic carbocycles. The van der Waals surface area contributed by atoms with Gasteiger partial charge in [0.1, 0.15) is 5.01 Å². The van der Waals surface area contributed by atoms with E-state index in [9.17, 15) is 9.59 Å². The van der Waals surface area contributed by atoms with Crippen molar-refractivity contribution in [3.63, 3.8) is 0 Å². The highest BCUT2D eigenvalue weighted by atomic mass is 32.1. The summed E-state index contributed by atoms with van der Waals surface area (Å²) in [5.74, 6) is -0.298. The first-order chi connectivity index (χ1) is 9.02. The predicted octanol–water partition coefficient (Wildman–Crippen LogP) is 2.08. The lowest BCUT2D eigenvalue weighted by Gasteiger charge is -2.23. The number of aromatic nitrogens is 1. The van der Waals surface area contributed by atoms with E-state index in [1.54, 1.807) is 5.38 Å². The Bertz CT molecular complexity index is 480. The number of methoxy groups -OCH3 is 1. The molecule has 104 valence electrons. The maximum absolute atomic E-state index is 12.1. The monoisotopic (exact) mass is 282 g/mol. The molecule has 1 saturated carbocycles. The molecule has 1 fully saturated rings. The Hall–Kier alpha value is -1.43. The molecule has 0 radical (unpaired) electrons. The average molecular weight is 282 g/mol. The summed E-state index contributed by atoms with van der Waals surface area (Å²) < 4.78 is 4.62. The van der Waals surface area contributed by atoms with Crippen molar-refractivity contribution in [2.75, 3.05) is 7.11 Å². The van der Waals surface area contributed by atoms with Gasteiger partial charge >= 0.3 is 5.97 Å². The number of hydrogen-bond acceptors (Lipinski definition) is 5. The van der Waals surface area contributed by atoms with E-state index >= 15 is 0 Å². The maximum atomic E-state index is 12.1. The number of ether oxygens (including phenoxy) is 1. The standard InChI is InChI=1S/C13H18N2O3S/c1-8(2)12(16)15(9-4-5-9)6-11-14-10(7-19-11)13(17)18-3/h7-9H,4-6H2,1-3H3. The molecule has 0 N–H and O–H groups in total. The van der Waals surface area contributed by atoms with Crippen LogP contribution in [-0.2, 0) is 16.1 Å². The minimum atomic E-state index is -0.435.